The summed E-state index contributed by atoms with van der Waals surface area (Å²) in [6, 6.07) is 12.1. The normalized spacial score (nSPS) is 12.7. The molecule has 3 rings (SSSR count). The monoisotopic (exact) mass is 267 g/mol. The van der Waals surface area contributed by atoms with Crippen LogP contribution in [0.3, 0.4) is 0 Å². The average molecular weight is 267 g/mol. The Morgan fingerprint density at radius 3 is 2.85 bits per heavy atom. The largest absolute Gasteiger partial charge is 0.459 e. The topological polar surface area (TPSA) is 51.0 Å². The second-order valence-corrected chi connectivity index (χ2v) is 4.75. The Morgan fingerprint density at radius 1 is 1.20 bits per heavy atom. The van der Waals surface area contributed by atoms with E-state index >= 15 is 0 Å². The molecule has 0 amide bonds. The standard InChI is InChI=1S/C16H17N3O/c1-2-8-17-16(13-7-9-18-19-11-13)15-10-12-5-3-4-6-14(12)20-15/h3-7,9-11,16-17H,2,8H2,1H3. The SMILES string of the molecule is CCCNC(c1ccnnc1)c1cc2ccccc2o1. The molecule has 4 nitrogen and oxygen atoms in total. The predicted molar refractivity (Wildman–Crippen MR) is 78.4 cm³/mol. The number of fused-ring (bicyclic) bond motifs is 1. The smallest absolute Gasteiger partial charge is 0.134 e. The number of hydrogen-bond donors (Lipinski definition) is 1. The summed E-state index contributed by atoms with van der Waals surface area (Å²) in [6.45, 7) is 3.07. The average Bonchev–Trinajstić information content (AvgIpc) is 2.92. The molecule has 0 aliphatic rings. The van der Waals surface area contributed by atoms with Gasteiger partial charge in [0.2, 0.25) is 0 Å². The Balaban J connectivity index is 2.00. The quantitative estimate of drug-likeness (QED) is 0.770. The fourth-order valence-electron chi connectivity index (χ4n) is 2.29. The minimum atomic E-state index is 0.0119. The number of furan rings is 1. The summed E-state index contributed by atoms with van der Waals surface area (Å²) in [5.74, 6) is 0.910. The molecule has 0 saturated heterocycles. The van der Waals surface area contributed by atoms with E-state index in [2.05, 4.69) is 34.6 Å². The Labute approximate surface area is 117 Å². The zero-order valence-corrected chi connectivity index (χ0v) is 11.4. The van der Waals surface area contributed by atoms with Gasteiger partial charge in [0.25, 0.3) is 0 Å². The van der Waals surface area contributed by atoms with Crippen molar-refractivity contribution in [2.24, 2.45) is 0 Å². The van der Waals surface area contributed by atoms with Crippen LogP contribution < -0.4 is 5.32 Å². The summed E-state index contributed by atoms with van der Waals surface area (Å²) in [7, 11) is 0. The molecule has 1 atom stereocenters. The maximum Gasteiger partial charge on any atom is 0.134 e. The fraction of sp³-hybridized carbons (Fsp3) is 0.250. The van der Waals surface area contributed by atoms with E-state index in [1.165, 1.54) is 0 Å². The first-order valence-corrected chi connectivity index (χ1v) is 6.87. The number of nitrogens with zero attached hydrogens (tertiary/aromatic N) is 2. The van der Waals surface area contributed by atoms with E-state index in [0.717, 1.165) is 35.3 Å². The predicted octanol–water partition coefficient (Wildman–Crippen LogP) is 3.31. The molecule has 0 aliphatic heterocycles. The van der Waals surface area contributed by atoms with Gasteiger partial charge in [-0.1, -0.05) is 25.1 Å². The van der Waals surface area contributed by atoms with Crippen molar-refractivity contribution in [3.05, 3.63) is 60.1 Å². The highest BCUT2D eigenvalue weighted by Gasteiger charge is 2.18. The zero-order valence-electron chi connectivity index (χ0n) is 11.4. The van der Waals surface area contributed by atoms with E-state index in [-0.39, 0.29) is 6.04 Å². The molecule has 1 unspecified atom stereocenters. The number of rotatable bonds is 5. The molecule has 0 saturated carbocycles. The van der Waals surface area contributed by atoms with Crippen molar-refractivity contribution in [3.8, 4) is 0 Å². The molecule has 1 aromatic carbocycles. The first-order chi connectivity index (χ1) is 9.88. The van der Waals surface area contributed by atoms with E-state index in [1.807, 2.05) is 24.3 Å². The van der Waals surface area contributed by atoms with Gasteiger partial charge in [0.05, 0.1) is 12.2 Å². The minimum Gasteiger partial charge on any atom is -0.459 e. The van der Waals surface area contributed by atoms with Crippen molar-refractivity contribution in [2.75, 3.05) is 6.54 Å². The number of benzene rings is 1. The lowest BCUT2D eigenvalue weighted by molar-refractivity contribution is 0.468. The lowest BCUT2D eigenvalue weighted by Gasteiger charge is -2.15. The molecule has 102 valence electrons. The zero-order chi connectivity index (χ0) is 13.8. The lowest BCUT2D eigenvalue weighted by Crippen LogP contribution is -2.22. The van der Waals surface area contributed by atoms with Crippen molar-refractivity contribution in [1.82, 2.24) is 15.5 Å². The van der Waals surface area contributed by atoms with Gasteiger partial charge in [-0.2, -0.15) is 10.2 Å². The third-order valence-electron chi connectivity index (χ3n) is 3.27. The first kappa shape index (κ1) is 12.8. The molecule has 2 heterocycles. The molecule has 2 aromatic heterocycles. The van der Waals surface area contributed by atoms with Crippen molar-refractivity contribution >= 4 is 11.0 Å². The summed E-state index contributed by atoms with van der Waals surface area (Å²) in [5, 5.41) is 12.4. The van der Waals surface area contributed by atoms with E-state index in [4.69, 9.17) is 4.42 Å². The highest BCUT2D eigenvalue weighted by atomic mass is 16.3. The third-order valence-corrected chi connectivity index (χ3v) is 3.27. The summed E-state index contributed by atoms with van der Waals surface area (Å²) in [6.07, 6.45) is 4.55. The summed E-state index contributed by atoms with van der Waals surface area (Å²) in [4.78, 5) is 0. The molecular formula is C16H17N3O. The second-order valence-electron chi connectivity index (χ2n) is 4.75. The van der Waals surface area contributed by atoms with Crippen LogP contribution in [0.5, 0.6) is 0 Å². The van der Waals surface area contributed by atoms with Crippen molar-refractivity contribution in [2.45, 2.75) is 19.4 Å². The molecule has 20 heavy (non-hydrogen) atoms. The van der Waals surface area contributed by atoms with Gasteiger partial charge in [-0.15, -0.1) is 0 Å². The van der Waals surface area contributed by atoms with E-state index in [9.17, 15) is 0 Å². The summed E-state index contributed by atoms with van der Waals surface area (Å²) >= 11 is 0. The Hall–Kier alpha value is -2.20. The van der Waals surface area contributed by atoms with Gasteiger partial charge in [-0.25, -0.2) is 0 Å². The number of hydrogen-bond acceptors (Lipinski definition) is 4. The van der Waals surface area contributed by atoms with Crippen molar-refractivity contribution in [3.63, 3.8) is 0 Å². The van der Waals surface area contributed by atoms with Crippen LogP contribution in [0.2, 0.25) is 0 Å². The molecule has 0 bridgehead atoms. The van der Waals surface area contributed by atoms with Gasteiger partial charge in [0.15, 0.2) is 0 Å². The molecule has 0 spiro atoms. The molecule has 4 heteroatoms. The Morgan fingerprint density at radius 2 is 2.10 bits per heavy atom. The molecule has 3 aromatic rings. The third kappa shape index (κ3) is 2.56. The van der Waals surface area contributed by atoms with E-state index < -0.39 is 0 Å². The van der Waals surface area contributed by atoms with Crippen LogP contribution in [0.4, 0.5) is 0 Å². The van der Waals surface area contributed by atoms with Crippen LogP contribution in [-0.4, -0.2) is 16.7 Å². The highest BCUT2D eigenvalue weighted by Crippen LogP contribution is 2.27. The Bertz CT molecular complexity index is 645. The van der Waals surface area contributed by atoms with Crippen LogP contribution in [0.15, 0.2) is 53.2 Å². The molecule has 0 radical (unpaired) electrons. The van der Waals surface area contributed by atoms with Crippen molar-refractivity contribution < 1.29 is 4.42 Å². The number of nitrogens with one attached hydrogen (secondary N) is 1. The van der Waals surface area contributed by atoms with Crippen LogP contribution >= 0.6 is 0 Å². The highest BCUT2D eigenvalue weighted by molar-refractivity contribution is 5.77. The summed E-state index contributed by atoms with van der Waals surface area (Å²) in [5.41, 5.74) is 1.97. The molecule has 1 N–H and O–H groups in total. The molecule has 0 fully saturated rings. The molecular weight excluding hydrogens is 250 g/mol. The van der Waals surface area contributed by atoms with Gasteiger partial charge in [0.1, 0.15) is 11.3 Å². The van der Waals surface area contributed by atoms with Gasteiger partial charge in [0, 0.05) is 11.6 Å². The van der Waals surface area contributed by atoms with Gasteiger partial charge in [-0.3, -0.25) is 0 Å². The molecule has 0 aliphatic carbocycles. The van der Waals surface area contributed by atoms with Crippen LogP contribution in [-0.2, 0) is 0 Å². The fourth-order valence-corrected chi connectivity index (χ4v) is 2.29. The van der Waals surface area contributed by atoms with Crippen LogP contribution in [0.25, 0.3) is 11.0 Å². The van der Waals surface area contributed by atoms with E-state index in [0.29, 0.717) is 0 Å². The van der Waals surface area contributed by atoms with Gasteiger partial charge in [-0.05, 0) is 36.7 Å². The van der Waals surface area contributed by atoms with Crippen LogP contribution in [0, 0.1) is 0 Å². The maximum atomic E-state index is 5.97. The van der Waals surface area contributed by atoms with Gasteiger partial charge >= 0.3 is 0 Å². The number of para-hydroxylation sites is 1. The first-order valence-electron chi connectivity index (χ1n) is 6.87. The van der Waals surface area contributed by atoms with Crippen LogP contribution in [0.1, 0.15) is 30.7 Å². The Kier molecular flexibility index (Phi) is 3.74. The second kappa shape index (κ2) is 5.84. The summed E-state index contributed by atoms with van der Waals surface area (Å²) < 4.78 is 5.97. The van der Waals surface area contributed by atoms with Gasteiger partial charge < -0.3 is 9.73 Å². The minimum absolute atomic E-state index is 0.0119. The van der Waals surface area contributed by atoms with E-state index in [1.54, 1.807) is 12.4 Å². The lowest BCUT2D eigenvalue weighted by atomic mass is 10.1. The van der Waals surface area contributed by atoms with Crippen molar-refractivity contribution in [1.29, 1.82) is 0 Å². The maximum absolute atomic E-state index is 5.97. The number of aromatic nitrogens is 2.